The number of fused-ring (bicyclic) bond motifs is 1. The van der Waals surface area contributed by atoms with Crippen molar-refractivity contribution in [3.8, 4) is 0 Å². The number of nitrogens with one attached hydrogen (secondary N) is 2. The summed E-state index contributed by atoms with van der Waals surface area (Å²) in [4.78, 5) is 24.0. The van der Waals surface area contributed by atoms with Gasteiger partial charge < -0.3 is 10.6 Å². The SMILES string of the molecule is Cc1ccc2nc(Nc3ncnc(Nc4ccc(C(C)C)cc4)c3[N+](=O)[O-])sc2c1. The molecule has 0 saturated heterocycles. The molecule has 30 heavy (non-hydrogen) atoms. The standard InChI is InChI=1S/C21H20N6O2S/c1-12(2)14-5-7-15(8-6-14)24-19-18(27(28)29)20(23-11-22-19)26-21-25-16-9-4-13(3)10-17(16)30-21/h4-12H,1-3H3,(H2,22,23,24,25,26). The van der Waals surface area contributed by atoms with Crippen molar-refractivity contribution in [1.82, 2.24) is 15.0 Å². The highest BCUT2D eigenvalue weighted by atomic mass is 32.1. The Morgan fingerprint density at radius 2 is 1.73 bits per heavy atom. The molecule has 0 spiro atoms. The maximum atomic E-state index is 11.8. The molecular weight excluding hydrogens is 400 g/mol. The van der Waals surface area contributed by atoms with Crippen molar-refractivity contribution in [2.24, 2.45) is 0 Å². The molecule has 2 heterocycles. The third-order valence-electron chi connectivity index (χ3n) is 4.61. The van der Waals surface area contributed by atoms with E-state index >= 15 is 0 Å². The molecule has 0 saturated carbocycles. The van der Waals surface area contributed by atoms with Gasteiger partial charge in [0.1, 0.15) is 6.33 Å². The third kappa shape index (κ3) is 4.06. The summed E-state index contributed by atoms with van der Waals surface area (Å²) >= 11 is 1.42. The lowest BCUT2D eigenvalue weighted by atomic mass is 10.0. The number of aromatic nitrogens is 3. The van der Waals surface area contributed by atoms with Crippen LogP contribution in [0.25, 0.3) is 10.2 Å². The second-order valence-electron chi connectivity index (χ2n) is 7.19. The van der Waals surface area contributed by atoms with E-state index in [-0.39, 0.29) is 17.3 Å². The minimum Gasteiger partial charge on any atom is -0.334 e. The van der Waals surface area contributed by atoms with Gasteiger partial charge >= 0.3 is 5.69 Å². The van der Waals surface area contributed by atoms with E-state index in [9.17, 15) is 10.1 Å². The topological polar surface area (TPSA) is 106 Å². The fourth-order valence-corrected chi connectivity index (χ4v) is 3.97. The van der Waals surface area contributed by atoms with Crippen LogP contribution in [0.2, 0.25) is 0 Å². The summed E-state index contributed by atoms with van der Waals surface area (Å²) in [7, 11) is 0. The third-order valence-corrected chi connectivity index (χ3v) is 5.55. The van der Waals surface area contributed by atoms with E-state index in [4.69, 9.17) is 0 Å². The van der Waals surface area contributed by atoms with Crippen LogP contribution in [-0.4, -0.2) is 19.9 Å². The van der Waals surface area contributed by atoms with E-state index in [0.29, 0.717) is 16.7 Å². The first kappa shape index (κ1) is 19.7. The van der Waals surface area contributed by atoms with E-state index in [1.807, 2.05) is 49.4 Å². The van der Waals surface area contributed by atoms with Crippen LogP contribution in [0.5, 0.6) is 0 Å². The normalized spacial score (nSPS) is 11.1. The van der Waals surface area contributed by atoms with E-state index in [1.165, 1.54) is 23.2 Å². The molecule has 0 fully saturated rings. The largest absolute Gasteiger partial charge is 0.353 e. The van der Waals surface area contributed by atoms with Crippen molar-refractivity contribution in [2.75, 3.05) is 10.6 Å². The van der Waals surface area contributed by atoms with Crippen molar-refractivity contribution in [3.63, 3.8) is 0 Å². The Morgan fingerprint density at radius 3 is 2.40 bits per heavy atom. The monoisotopic (exact) mass is 420 g/mol. The molecule has 0 radical (unpaired) electrons. The molecule has 0 unspecified atom stereocenters. The van der Waals surface area contributed by atoms with Crippen molar-refractivity contribution >= 4 is 49.7 Å². The first-order valence-corrected chi connectivity index (χ1v) is 10.2. The summed E-state index contributed by atoms with van der Waals surface area (Å²) in [6.45, 7) is 6.23. The first-order valence-electron chi connectivity index (χ1n) is 9.41. The van der Waals surface area contributed by atoms with Crippen molar-refractivity contribution in [3.05, 3.63) is 70.0 Å². The molecule has 4 aromatic rings. The van der Waals surface area contributed by atoms with Gasteiger partial charge in [0, 0.05) is 5.69 Å². The minimum atomic E-state index is -0.495. The van der Waals surface area contributed by atoms with Gasteiger partial charge in [-0.2, -0.15) is 0 Å². The molecular formula is C21H20N6O2S. The number of aryl methyl sites for hydroxylation is 1. The molecule has 0 aliphatic carbocycles. The lowest BCUT2D eigenvalue weighted by Crippen LogP contribution is -2.05. The molecule has 0 bridgehead atoms. The highest BCUT2D eigenvalue weighted by Gasteiger charge is 2.24. The molecule has 152 valence electrons. The summed E-state index contributed by atoms with van der Waals surface area (Å²) in [6.07, 6.45) is 1.29. The summed E-state index contributed by atoms with van der Waals surface area (Å²) in [5.41, 5.74) is 3.61. The van der Waals surface area contributed by atoms with Gasteiger partial charge in [0.05, 0.1) is 15.1 Å². The fourth-order valence-electron chi connectivity index (χ4n) is 3.01. The van der Waals surface area contributed by atoms with Gasteiger partial charge in [-0.05, 0) is 48.2 Å². The maximum Gasteiger partial charge on any atom is 0.353 e. The average Bonchev–Trinajstić information content (AvgIpc) is 3.09. The first-order chi connectivity index (χ1) is 14.4. The average molecular weight is 420 g/mol. The predicted molar refractivity (Wildman–Crippen MR) is 120 cm³/mol. The van der Waals surface area contributed by atoms with Crippen LogP contribution in [0.3, 0.4) is 0 Å². The van der Waals surface area contributed by atoms with Crippen LogP contribution < -0.4 is 10.6 Å². The van der Waals surface area contributed by atoms with Crippen LogP contribution in [0.15, 0.2) is 48.8 Å². The van der Waals surface area contributed by atoms with Crippen molar-refractivity contribution in [1.29, 1.82) is 0 Å². The smallest absolute Gasteiger partial charge is 0.334 e. The molecule has 0 aliphatic heterocycles. The molecule has 2 aromatic heterocycles. The number of rotatable bonds is 6. The fraction of sp³-hybridized carbons (Fsp3) is 0.190. The summed E-state index contributed by atoms with van der Waals surface area (Å²) < 4.78 is 0.998. The lowest BCUT2D eigenvalue weighted by molar-refractivity contribution is -0.383. The van der Waals surface area contributed by atoms with Gasteiger partial charge in [-0.1, -0.05) is 43.4 Å². The van der Waals surface area contributed by atoms with Gasteiger partial charge in [0.2, 0.25) is 11.6 Å². The second-order valence-corrected chi connectivity index (χ2v) is 8.22. The van der Waals surface area contributed by atoms with Crippen LogP contribution in [0, 0.1) is 17.0 Å². The Balaban J connectivity index is 1.66. The quantitative estimate of drug-likeness (QED) is 0.295. The molecule has 2 aromatic carbocycles. The van der Waals surface area contributed by atoms with Crippen molar-refractivity contribution < 1.29 is 4.92 Å². The van der Waals surface area contributed by atoms with Crippen LogP contribution in [0.1, 0.15) is 30.9 Å². The molecule has 0 atom stereocenters. The summed E-state index contributed by atoms with van der Waals surface area (Å²) in [5.74, 6) is 0.611. The predicted octanol–water partition coefficient (Wildman–Crippen LogP) is 5.91. The van der Waals surface area contributed by atoms with Gasteiger partial charge in [0.25, 0.3) is 0 Å². The zero-order valence-corrected chi connectivity index (χ0v) is 17.5. The number of hydrogen-bond donors (Lipinski definition) is 2. The maximum absolute atomic E-state index is 11.8. The Kier molecular flexibility index (Phi) is 5.28. The summed E-state index contributed by atoms with van der Waals surface area (Å²) in [5, 5.41) is 18.4. The van der Waals surface area contributed by atoms with E-state index < -0.39 is 4.92 Å². The van der Waals surface area contributed by atoms with Gasteiger partial charge in [-0.15, -0.1) is 0 Å². The molecule has 8 nitrogen and oxygen atoms in total. The lowest BCUT2D eigenvalue weighted by Gasteiger charge is -2.10. The second kappa shape index (κ2) is 8.03. The number of thiazole rings is 1. The Morgan fingerprint density at radius 1 is 1.03 bits per heavy atom. The van der Waals surface area contributed by atoms with Gasteiger partial charge in [-0.3, -0.25) is 10.1 Å². The number of nitrogens with zero attached hydrogens (tertiary/aromatic N) is 4. The molecule has 2 N–H and O–H groups in total. The number of anilines is 4. The zero-order chi connectivity index (χ0) is 21.3. The van der Waals surface area contributed by atoms with Crippen LogP contribution in [0.4, 0.5) is 28.1 Å². The molecule has 9 heteroatoms. The van der Waals surface area contributed by atoms with Gasteiger partial charge in [0.15, 0.2) is 5.13 Å². The number of nitro groups is 1. The number of hydrogen-bond acceptors (Lipinski definition) is 8. The van der Waals surface area contributed by atoms with Gasteiger partial charge in [-0.25, -0.2) is 15.0 Å². The highest BCUT2D eigenvalue weighted by Crippen LogP contribution is 2.35. The number of benzene rings is 2. The summed E-state index contributed by atoms with van der Waals surface area (Å²) in [6, 6.07) is 13.7. The zero-order valence-electron chi connectivity index (χ0n) is 16.7. The minimum absolute atomic E-state index is 0.0899. The Bertz CT molecular complexity index is 1220. The van der Waals surface area contributed by atoms with Crippen LogP contribution in [-0.2, 0) is 0 Å². The van der Waals surface area contributed by atoms with E-state index in [0.717, 1.165) is 15.8 Å². The van der Waals surface area contributed by atoms with Crippen LogP contribution >= 0.6 is 11.3 Å². The van der Waals surface area contributed by atoms with E-state index in [1.54, 1.807) is 0 Å². The molecule has 4 rings (SSSR count). The Hall–Kier alpha value is -3.59. The highest BCUT2D eigenvalue weighted by molar-refractivity contribution is 7.22. The molecule has 0 amide bonds. The van der Waals surface area contributed by atoms with E-state index in [2.05, 4.69) is 39.4 Å². The van der Waals surface area contributed by atoms with Crippen molar-refractivity contribution in [2.45, 2.75) is 26.7 Å². The Labute approximate surface area is 177 Å². The molecule has 0 aliphatic rings.